The molecule has 0 unspecified atom stereocenters. The third-order valence-electron chi connectivity index (χ3n) is 4.22. The molecule has 3 aromatic rings. The average Bonchev–Trinajstić information content (AvgIpc) is 2.74. The maximum Gasteiger partial charge on any atom is 0.264 e. The summed E-state index contributed by atoms with van der Waals surface area (Å²) in [5.74, 6) is -1.23. The molecule has 1 amide bonds. The Kier molecular flexibility index (Phi) is 6.54. The van der Waals surface area contributed by atoms with Crippen LogP contribution in [0.2, 0.25) is 5.02 Å². The fourth-order valence-corrected chi connectivity index (χ4v) is 4.57. The van der Waals surface area contributed by atoms with Crippen LogP contribution in [0.25, 0.3) is 0 Å². The number of nitrogens with one attached hydrogen (secondary N) is 1. The molecule has 0 aromatic heterocycles. The van der Waals surface area contributed by atoms with Gasteiger partial charge in [-0.2, -0.15) is 0 Å². The molecule has 0 aliphatic carbocycles. The Morgan fingerprint density at radius 1 is 1.07 bits per heavy atom. The van der Waals surface area contributed by atoms with Crippen molar-refractivity contribution in [2.45, 2.75) is 4.90 Å². The van der Waals surface area contributed by atoms with E-state index in [1.165, 1.54) is 48.5 Å². The Labute approximate surface area is 179 Å². The molecule has 0 radical (unpaired) electrons. The van der Waals surface area contributed by atoms with Gasteiger partial charge in [-0.1, -0.05) is 48.0 Å². The zero-order valence-electron chi connectivity index (χ0n) is 15.8. The highest BCUT2D eigenvalue weighted by molar-refractivity contribution is 7.92. The van der Waals surface area contributed by atoms with Crippen LogP contribution in [0.1, 0.15) is 10.4 Å². The van der Waals surface area contributed by atoms with Crippen molar-refractivity contribution in [3.63, 3.8) is 0 Å². The van der Waals surface area contributed by atoms with Gasteiger partial charge in [0.25, 0.3) is 15.9 Å². The van der Waals surface area contributed by atoms with Crippen molar-refractivity contribution in [2.24, 2.45) is 0 Å². The average molecular weight is 445 g/mol. The Balaban J connectivity index is 1.97. The van der Waals surface area contributed by atoms with E-state index >= 15 is 0 Å². The van der Waals surface area contributed by atoms with Crippen LogP contribution in [0.3, 0.4) is 0 Å². The fourth-order valence-electron chi connectivity index (χ4n) is 2.78. The van der Waals surface area contributed by atoms with Crippen LogP contribution in [-0.2, 0) is 10.0 Å². The summed E-state index contributed by atoms with van der Waals surface area (Å²) in [6.07, 6.45) is 1.44. The van der Waals surface area contributed by atoms with E-state index in [4.69, 9.17) is 11.6 Å². The molecule has 154 valence electrons. The highest BCUT2D eigenvalue weighted by atomic mass is 35.5. The summed E-state index contributed by atoms with van der Waals surface area (Å²) in [5.41, 5.74) is 0.359. The monoisotopic (exact) mass is 444 g/mol. The number of halogens is 2. The first-order chi connectivity index (χ1) is 14.3. The van der Waals surface area contributed by atoms with E-state index in [0.29, 0.717) is 5.69 Å². The van der Waals surface area contributed by atoms with Gasteiger partial charge in [-0.15, -0.1) is 6.58 Å². The maximum atomic E-state index is 13.8. The Morgan fingerprint density at radius 3 is 2.47 bits per heavy atom. The van der Waals surface area contributed by atoms with Gasteiger partial charge in [0.2, 0.25) is 0 Å². The first-order valence-corrected chi connectivity index (χ1v) is 10.7. The van der Waals surface area contributed by atoms with E-state index in [-0.39, 0.29) is 27.7 Å². The first kappa shape index (κ1) is 21.5. The summed E-state index contributed by atoms with van der Waals surface area (Å²) in [6, 6.07) is 17.7. The highest BCUT2D eigenvalue weighted by Crippen LogP contribution is 2.30. The van der Waals surface area contributed by atoms with Gasteiger partial charge in [0.15, 0.2) is 0 Å². The number of nitrogens with zero attached hydrogens (tertiary/aromatic N) is 1. The Bertz CT molecular complexity index is 1200. The van der Waals surface area contributed by atoms with E-state index in [9.17, 15) is 17.6 Å². The second-order valence-corrected chi connectivity index (χ2v) is 8.51. The minimum Gasteiger partial charge on any atom is -0.319 e. The minimum atomic E-state index is -4.05. The van der Waals surface area contributed by atoms with Gasteiger partial charge in [-0.3, -0.25) is 9.10 Å². The van der Waals surface area contributed by atoms with Crippen LogP contribution in [0.4, 0.5) is 15.8 Å². The van der Waals surface area contributed by atoms with Gasteiger partial charge < -0.3 is 5.32 Å². The van der Waals surface area contributed by atoms with E-state index in [1.807, 2.05) is 0 Å². The second-order valence-electron chi connectivity index (χ2n) is 6.24. The molecule has 3 rings (SSSR count). The molecule has 0 saturated heterocycles. The van der Waals surface area contributed by atoms with Gasteiger partial charge in [0, 0.05) is 5.56 Å². The molecule has 0 bridgehead atoms. The molecule has 0 aliphatic rings. The number of hydrogen-bond acceptors (Lipinski definition) is 3. The number of carbonyl (C=O) groups is 1. The third kappa shape index (κ3) is 4.53. The molecule has 0 heterocycles. The first-order valence-electron chi connectivity index (χ1n) is 8.88. The van der Waals surface area contributed by atoms with Crippen LogP contribution in [0.15, 0.2) is 90.3 Å². The van der Waals surface area contributed by atoms with Crippen LogP contribution in [0.5, 0.6) is 0 Å². The van der Waals surface area contributed by atoms with Gasteiger partial charge in [-0.05, 0) is 42.5 Å². The molecule has 30 heavy (non-hydrogen) atoms. The molecule has 1 N–H and O–H groups in total. The molecular formula is C22H18ClFN2O3S. The predicted molar refractivity (Wildman–Crippen MR) is 117 cm³/mol. The zero-order chi connectivity index (χ0) is 21.7. The van der Waals surface area contributed by atoms with Gasteiger partial charge in [0.05, 0.1) is 27.8 Å². The molecule has 0 fully saturated rings. The SMILES string of the molecule is C=CCN(c1ccccc1Cl)S(=O)(=O)c1cccc(C(=O)Nc2ccccc2F)c1. The van der Waals surface area contributed by atoms with Crippen LogP contribution in [-0.4, -0.2) is 20.9 Å². The molecule has 0 saturated carbocycles. The van der Waals surface area contributed by atoms with Crippen molar-refractivity contribution in [1.29, 1.82) is 0 Å². The van der Waals surface area contributed by atoms with Crippen LogP contribution in [0, 0.1) is 5.82 Å². The van der Waals surface area contributed by atoms with Gasteiger partial charge in [-0.25, -0.2) is 12.8 Å². The summed E-state index contributed by atoms with van der Waals surface area (Å²) in [7, 11) is -4.05. The number of carbonyl (C=O) groups excluding carboxylic acids is 1. The van der Waals surface area contributed by atoms with Crippen molar-refractivity contribution >= 4 is 38.9 Å². The zero-order valence-corrected chi connectivity index (χ0v) is 17.3. The summed E-state index contributed by atoms with van der Waals surface area (Å²) in [6.45, 7) is 3.60. The smallest absolute Gasteiger partial charge is 0.264 e. The molecule has 0 spiro atoms. The lowest BCUT2D eigenvalue weighted by molar-refractivity contribution is 0.102. The fraction of sp³-hybridized carbons (Fsp3) is 0.0455. The second kappa shape index (κ2) is 9.11. The van der Waals surface area contributed by atoms with Crippen LogP contribution < -0.4 is 9.62 Å². The maximum absolute atomic E-state index is 13.8. The Morgan fingerprint density at radius 2 is 1.77 bits per heavy atom. The van der Waals surface area contributed by atoms with E-state index in [1.54, 1.807) is 30.3 Å². The number of hydrogen-bond donors (Lipinski definition) is 1. The number of amides is 1. The standard InChI is InChI=1S/C22H18ClFN2O3S/c1-2-14-26(21-13-6-3-10-18(21)23)30(28,29)17-9-7-8-16(15-17)22(27)25-20-12-5-4-11-19(20)24/h2-13,15H,1,14H2,(H,25,27). The van der Waals surface area contributed by atoms with Crippen molar-refractivity contribution in [3.8, 4) is 0 Å². The minimum absolute atomic E-state index is 0.000103. The van der Waals surface area contributed by atoms with E-state index in [0.717, 1.165) is 4.31 Å². The third-order valence-corrected chi connectivity index (χ3v) is 6.32. The summed E-state index contributed by atoms with van der Waals surface area (Å²) >= 11 is 6.20. The van der Waals surface area contributed by atoms with Crippen molar-refractivity contribution in [3.05, 3.63) is 102 Å². The number of para-hydroxylation sites is 2. The normalized spacial score (nSPS) is 11.0. The van der Waals surface area contributed by atoms with Crippen molar-refractivity contribution in [2.75, 3.05) is 16.2 Å². The molecule has 5 nitrogen and oxygen atoms in total. The molecule has 3 aromatic carbocycles. The summed E-state index contributed by atoms with van der Waals surface area (Å²) in [4.78, 5) is 12.4. The number of rotatable bonds is 7. The van der Waals surface area contributed by atoms with E-state index < -0.39 is 21.7 Å². The lowest BCUT2D eigenvalue weighted by atomic mass is 10.2. The number of anilines is 2. The number of sulfonamides is 1. The molecule has 8 heteroatoms. The predicted octanol–water partition coefficient (Wildman–Crippen LogP) is 5.11. The summed E-state index contributed by atoms with van der Waals surface area (Å²) in [5, 5.41) is 2.70. The van der Waals surface area contributed by atoms with Crippen molar-refractivity contribution < 1.29 is 17.6 Å². The topological polar surface area (TPSA) is 66.5 Å². The summed E-state index contributed by atoms with van der Waals surface area (Å²) < 4.78 is 41.5. The highest BCUT2D eigenvalue weighted by Gasteiger charge is 2.26. The van der Waals surface area contributed by atoms with Crippen molar-refractivity contribution in [1.82, 2.24) is 0 Å². The van der Waals surface area contributed by atoms with Crippen LogP contribution >= 0.6 is 11.6 Å². The van der Waals surface area contributed by atoms with Gasteiger partial charge in [0.1, 0.15) is 5.82 Å². The Hall–Kier alpha value is -3.16. The molecular weight excluding hydrogens is 427 g/mol. The quantitative estimate of drug-likeness (QED) is 0.515. The number of benzene rings is 3. The lowest BCUT2D eigenvalue weighted by Gasteiger charge is -2.24. The largest absolute Gasteiger partial charge is 0.319 e. The molecule has 0 atom stereocenters. The van der Waals surface area contributed by atoms with Gasteiger partial charge >= 0.3 is 0 Å². The molecule has 0 aliphatic heterocycles. The lowest BCUT2D eigenvalue weighted by Crippen LogP contribution is -2.31. The van der Waals surface area contributed by atoms with E-state index in [2.05, 4.69) is 11.9 Å².